The first-order valence-electron chi connectivity index (χ1n) is 13.3. The lowest BCUT2D eigenvalue weighted by Crippen LogP contribution is -2.49. The summed E-state index contributed by atoms with van der Waals surface area (Å²) >= 11 is 0. The lowest BCUT2D eigenvalue weighted by molar-refractivity contribution is -0.148. The summed E-state index contributed by atoms with van der Waals surface area (Å²) in [4.78, 5) is 48.3. The van der Waals surface area contributed by atoms with Crippen LogP contribution in [0.3, 0.4) is 0 Å². The van der Waals surface area contributed by atoms with Crippen LogP contribution in [-0.2, 0) is 14.3 Å². The molecule has 0 radical (unpaired) electrons. The summed E-state index contributed by atoms with van der Waals surface area (Å²) in [6, 6.07) is 8.56. The van der Waals surface area contributed by atoms with Crippen molar-refractivity contribution in [1.82, 2.24) is 14.8 Å². The van der Waals surface area contributed by atoms with Crippen LogP contribution in [0.4, 0.5) is 10.5 Å². The zero-order chi connectivity index (χ0) is 27.5. The molecule has 1 N–H and O–H groups in total. The summed E-state index contributed by atoms with van der Waals surface area (Å²) in [5.74, 6) is -0.577. The van der Waals surface area contributed by atoms with Gasteiger partial charge in [0.25, 0.3) is 5.91 Å². The zero-order valence-electron chi connectivity index (χ0n) is 22.2. The van der Waals surface area contributed by atoms with E-state index in [4.69, 9.17) is 14.2 Å². The van der Waals surface area contributed by atoms with E-state index in [0.717, 1.165) is 18.8 Å². The number of piperidine rings is 2. The Morgan fingerprint density at radius 1 is 0.949 bits per heavy atom. The van der Waals surface area contributed by atoms with Crippen molar-refractivity contribution in [2.75, 3.05) is 45.3 Å². The first-order chi connectivity index (χ1) is 18.9. The summed E-state index contributed by atoms with van der Waals surface area (Å²) in [5.41, 5.74) is 1.80. The smallest absolute Gasteiger partial charge is 0.411 e. The predicted molar refractivity (Wildman–Crippen MR) is 141 cm³/mol. The number of ether oxygens (including phenoxy) is 3. The van der Waals surface area contributed by atoms with Gasteiger partial charge in [-0.05, 0) is 55.5 Å². The number of pyridine rings is 1. The minimum Gasteiger partial charge on any atom is -0.493 e. The molecule has 2 amide bonds. The van der Waals surface area contributed by atoms with Crippen LogP contribution in [-0.4, -0.2) is 90.4 Å². The van der Waals surface area contributed by atoms with Gasteiger partial charge in [0, 0.05) is 50.3 Å². The molecule has 4 heterocycles. The third kappa shape index (κ3) is 5.30. The first-order valence-corrected chi connectivity index (χ1v) is 13.3. The summed E-state index contributed by atoms with van der Waals surface area (Å²) < 4.78 is 16.7. The van der Waals surface area contributed by atoms with Crippen LogP contribution in [0.2, 0.25) is 0 Å². The molecule has 2 atom stereocenters. The van der Waals surface area contributed by atoms with Crippen molar-refractivity contribution in [3.05, 3.63) is 48.3 Å². The van der Waals surface area contributed by atoms with Gasteiger partial charge in [0.2, 0.25) is 6.10 Å². The van der Waals surface area contributed by atoms with Crippen molar-refractivity contribution in [3.8, 4) is 11.5 Å². The second-order valence-corrected chi connectivity index (χ2v) is 10.1. The highest BCUT2D eigenvalue weighted by molar-refractivity contribution is 5.88. The SMILES string of the molecule is COc1ccc(C2C(C(=O)N3CCC(C(=O)O)CC3)OC(=O)N2C2CCN(c3ccncc3)CC2)cc1OC. The number of amides is 2. The molecule has 208 valence electrons. The molecule has 11 heteroatoms. The van der Waals surface area contributed by atoms with Gasteiger partial charge in [-0.25, -0.2) is 4.79 Å². The molecule has 3 saturated heterocycles. The number of hydrogen-bond acceptors (Lipinski definition) is 8. The van der Waals surface area contributed by atoms with E-state index in [9.17, 15) is 19.5 Å². The number of aromatic nitrogens is 1. The van der Waals surface area contributed by atoms with Gasteiger partial charge >= 0.3 is 12.1 Å². The van der Waals surface area contributed by atoms with E-state index < -0.39 is 30.1 Å². The van der Waals surface area contributed by atoms with Crippen LogP contribution in [0.15, 0.2) is 42.7 Å². The topological polar surface area (TPSA) is 122 Å². The molecule has 0 saturated carbocycles. The molecule has 0 bridgehead atoms. The highest BCUT2D eigenvalue weighted by Crippen LogP contribution is 2.41. The number of carbonyl (C=O) groups is 3. The highest BCUT2D eigenvalue weighted by atomic mass is 16.6. The second kappa shape index (κ2) is 11.4. The Morgan fingerprint density at radius 3 is 2.23 bits per heavy atom. The van der Waals surface area contributed by atoms with Crippen molar-refractivity contribution >= 4 is 23.7 Å². The van der Waals surface area contributed by atoms with Crippen LogP contribution in [0.5, 0.6) is 11.5 Å². The standard InChI is InChI=1S/C28H34N4O7/c1-37-22-4-3-19(17-23(22)38-2)24-25(26(33)31-13-7-18(8-14-31)27(34)35)39-28(36)32(24)21-9-15-30(16-10-21)20-5-11-29-12-6-20/h3-6,11-12,17-18,21,24-25H,7-10,13-16H2,1-2H3,(H,34,35). The van der Waals surface area contributed by atoms with Crippen LogP contribution in [0.1, 0.15) is 37.3 Å². The molecular formula is C28H34N4O7. The van der Waals surface area contributed by atoms with Crippen LogP contribution in [0, 0.1) is 5.92 Å². The van der Waals surface area contributed by atoms with Crippen molar-refractivity contribution in [3.63, 3.8) is 0 Å². The minimum atomic E-state index is -1.05. The van der Waals surface area contributed by atoms with Gasteiger partial charge in [-0.2, -0.15) is 0 Å². The normalized spacial score (nSPS) is 22.5. The third-order valence-electron chi connectivity index (χ3n) is 8.06. The van der Waals surface area contributed by atoms with Crippen molar-refractivity contribution in [2.45, 2.75) is 43.9 Å². The Labute approximate surface area is 227 Å². The fourth-order valence-electron chi connectivity index (χ4n) is 5.91. The minimum absolute atomic E-state index is 0.121. The molecule has 1 aromatic carbocycles. The maximum Gasteiger partial charge on any atom is 0.411 e. The quantitative estimate of drug-likeness (QED) is 0.567. The predicted octanol–water partition coefficient (Wildman–Crippen LogP) is 2.95. The number of carboxylic acids is 1. The fraction of sp³-hybridized carbons (Fsp3) is 0.500. The maximum atomic E-state index is 13.8. The summed E-state index contributed by atoms with van der Waals surface area (Å²) in [6.07, 6.45) is 4.15. The Bertz CT molecular complexity index is 1190. The van der Waals surface area contributed by atoms with Crippen LogP contribution >= 0.6 is 0 Å². The number of carbonyl (C=O) groups excluding carboxylic acids is 2. The summed E-state index contributed by atoms with van der Waals surface area (Å²) in [5, 5.41) is 9.35. The number of likely N-dealkylation sites (tertiary alicyclic amines) is 1. The number of cyclic esters (lactones) is 1. The molecule has 11 nitrogen and oxygen atoms in total. The maximum absolute atomic E-state index is 13.8. The average Bonchev–Trinajstić information content (AvgIpc) is 3.33. The molecule has 3 aliphatic heterocycles. The third-order valence-corrected chi connectivity index (χ3v) is 8.06. The van der Waals surface area contributed by atoms with E-state index in [1.165, 1.54) is 0 Å². The zero-order valence-corrected chi connectivity index (χ0v) is 22.2. The van der Waals surface area contributed by atoms with E-state index in [1.807, 2.05) is 18.2 Å². The van der Waals surface area contributed by atoms with Crippen molar-refractivity contribution < 1.29 is 33.7 Å². The van der Waals surface area contributed by atoms with E-state index in [0.29, 0.717) is 55.8 Å². The molecule has 2 unspecified atom stereocenters. The van der Waals surface area contributed by atoms with E-state index in [-0.39, 0.29) is 11.9 Å². The number of rotatable bonds is 7. The molecule has 3 fully saturated rings. The highest BCUT2D eigenvalue weighted by Gasteiger charge is 2.51. The monoisotopic (exact) mass is 538 g/mol. The lowest BCUT2D eigenvalue weighted by atomic mass is 9.93. The van der Waals surface area contributed by atoms with Crippen molar-refractivity contribution in [2.24, 2.45) is 5.92 Å². The summed E-state index contributed by atoms with van der Waals surface area (Å²) in [7, 11) is 3.09. The van der Waals surface area contributed by atoms with Gasteiger partial charge in [0.1, 0.15) is 6.04 Å². The molecule has 0 spiro atoms. The molecule has 0 aliphatic carbocycles. The van der Waals surface area contributed by atoms with E-state index in [2.05, 4.69) is 9.88 Å². The molecule has 1 aromatic heterocycles. The Kier molecular flexibility index (Phi) is 7.76. The molecule has 2 aromatic rings. The van der Waals surface area contributed by atoms with Gasteiger partial charge in [0.05, 0.1) is 20.1 Å². The number of methoxy groups -OCH3 is 2. The Balaban J connectivity index is 1.41. The largest absolute Gasteiger partial charge is 0.493 e. The second-order valence-electron chi connectivity index (χ2n) is 10.1. The fourth-order valence-corrected chi connectivity index (χ4v) is 5.91. The summed E-state index contributed by atoms with van der Waals surface area (Å²) in [6.45, 7) is 2.12. The Hall–Kier alpha value is -4.02. The molecule has 39 heavy (non-hydrogen) atoms. The molecule has 5 rings (SSSR count). The van der Waals surface area contributed by atoms with E-state index in [1.54, 1.807) is 48.5 Å². The van der Waals surface area contributed by atoms with Gasteiger partial charge in [-0.3, -0.25) is 19.5 Å². The van der Waals surface area contributed by atoms with E-state index >= 15 is 0 Å². The number of hydrogen-bond donors (Lipinski definition) is 1. The van der Waals surface area contributed by atoms with Crippen molar-refractivity contribution in [1.29, 1.82) is 0 Å². The average molecular weight is 539 g/mol. The van der Waals surface area contributed by atoms with Gasteiger partial charge in [0.15, 0.2) is 11.5 Å². The molecular weight excluding hydrogens is 504 g/mol. The van der Waals surface area contributed by atoms with Crippen LogP contribution in [0.25, 0.3) is 0 Å². The van der Waals surface area contributed by atoms with Gasteiger partial charge in [-0.15, -0.1) is 0 Å². The lowest BCUT2D eigenvalue weighted by Gasteiger charge is -2.39. The number of nitrogens with zero attached hydrogens (tertiary/aromatic N) is 4. The van der Waals surface area contributed by atoms with Gasteiger partial charge < -0.3 is 29.1 Å². The first kappa shape index (κ1) is 26.6. The number of anilines is 1. The molecule has 3 aliphatic rings. The number of carboxylic acid groups (broad SMARTS) is 1. The number of benzene rings is 1. The van der Waals surface area contributed by atoms with Crippen LogP contribution < -0.4 is 14.4 Å². The van der Waals surface area contributed by atoms with Gasteiger partial charge in [-0.1, -0.05) is 6.07 Å². The number of aliphatic carboxylic acids is 1. The Morgan fingerprint density at radius 2 is 1.62 bits per heavy atom.